The number of alkyl halides is 3. The van der Waals surface area contributed by atoms with Gasteiger partial charge in [-0.1, -0.05) is 59.3 Å². The monoisotopic (exact) mass is 552 g/mol. The summed E-state index contributed by atoms with van der Waals surface area (Å²) in [7, 11) is 3.27. The Bertz CT molecular complexity index is 1290. The predicted octanol–water partition coefficient (Wildman–Crippen LogP) is 4.72. The maximum absolute atomic E-state index is 13.9. The van der Waals surface area contributed by atoms with Crippen LogP contribution < -0.4 is 0 Å². The third-order valence-electron chi connectivity index (χ3n) is 6.34. The molecule has 1 saturated heterocycles. The first-order chi connectivity index (χ1) is 17.4. The van der Waals surface area contributed by atoms with Crippen molar-refractivity contribution in [2.24, 2.45) is 0 Å². The van der Waals surface area contributed by atoms with Gasteiger partial charge in [-0.2, -0.15) is 13.2 Å². The van der Waals surface area contributed by atoms with Gasteiger partial charge in [-0.3, -0.25) is 9.59 Å². The van der Waals surface area contributed by atoms with E-state index in [4.69, 9.17) is 11.6 Å². The number of hydrogen-bond acceptors (Lipinski definition) is 6. The molecule has 2 heterocycles. The summed E-state index contributed by atoms with van der Waals surface area (Å²) in [6, 6.07) is 11.4. The van der Waals surface area contributed by atoms with Gasteiger partial charge in [0.25, 0.3) is 17.4 Å². The van der Waals surface area contributed by atoms with E-state index in [1.54, 1.807) is 32.3 Å². The largest absolute Gasteiger partial charge is 0.430 e. The lowest BCUT2D eigenvalue weighted by molar-refractivity contribution is -0.262. The van der Waals surface area contributed by atoms with Crippen molar-refractivity contribution in [2.75, 3.05) is 27.2 Å². The van der Waals surface area contributed by atoms with E-state index in [0.717, 1.165) is 17.0 Å². The van der Waals surface area contributed by atoms with E-state index in [1.807, 2.05) is 0 Å². The number of piperidine rings is 1. The molecule has 7 nitrogen and oxygen atoms in total. The minimum atomic E-state index is -5.18. The smallest absolute Gasteiger partial charge is 0.369 e. The SMILES string of the molecule is CN(C)C(=O)c1ccc(-c2nnc(C3CCN(C(=O)[C@](O)(c4ccccc4)C(F)(F)F)CC3)s2)cc1Cl. The fourth-order valence-corrected chi connectivity index (χ4v) is 5.49. The second-order valence-electron chi connectivity index (χ2n) is 8.98. The summed E-state index contributed by atoms with van der Waals surface area (Å²) in [4.78, 5) is 27.6. The Morgan fingerprint density at radius 1 is 1.08 bits per heavy atom. The summed E-state index contributed by atoms with van der Waals surface area (Å²) in [6.07, 6.45) is -4.43. The average Bonchev–Trinajstić information content (AvgIpc) is 3.37. The van der Waals surface area contributed by atoms with Gasteiger partial charge in [0.15, 0.2) is 0 Å². The van der Waals surface area contributed by atoms with Crippen LogP contribution in [-0.4, -0.2) is 70.3 Å². The number of rotatable bonds is 5. The Kier molecular flexibility index (Phi) is 7.59. The highest BCUT2D eigenvalue weighted by molar-refractivity contribution is 7.14. The fourth-order valence-electron chi connectivity index (χ4n) is 4.22. The predicted molar refractivity (Wildman–Crippen MR) is 133 cm³/mol. The third kappa shape index (κ3) is 5.21. The molecule has 0 spiro atoms. The van der Waals surface area contributed by atoms with Crippen LogP contribution in [0.4, 0.5) is 13.2 Å². The standard InChI is InChI=1S/C25H24ClF3N4O3S/c1-32(2)22(34)18-9-8-16(14-19(18)26)21-31-30-20(37-21)15-10-12-33(13-11-15)23(35)24(36,25(27,28)29)17-6-4-3-5-7-17/h3-9,14-15,36H,10-13H2,1-2H3/t24-/m1/s1. The molecule has 1 fully saturated rings. The molecule has 1 aliphatic heterocycles. The number of hydrogen-bond donors (Lipinski definition) is 1. The van der Waals surface area contributed by atoms with Crippen molar-refractivity contribution in [3.05, 3.63) is 69.7 Å². The highest BCUT2D eigenvalue weighted by Gasteiger charge is 2.62. The maximum Gasteiger partial charge on any atom is 0.430 e. The van der Waals surface area contributed by atoms with E-state index < -0.39 is 23.2 Å². The third-order valence-corrected chi connectivity index (χ3v) is 7.78. The number of nitrogens with zero attached hydrogens (tertiary/aromatic N) is 4. The number of carbonyl (C=O) groups excluding carboxylic acids is 2. The molecule has 1 N–H and O–H groups in total. The van der Waals surface area contributed by atoms with E-state index >= 15 is 0 Å². The summed E-state index contributed by atoms with van der Waals surface area (Å²) in [5.74, 6) is -1.71. The quantitative estimate of drug-likeness (QED) is 0.495. The van der Waals surface area contributed by atoms with Crippen molar-refractivity contribution in [1.82, 2.24) is 20.0 Å². The van der Waals surface area contributed by atoms with Crippen LogP contribution in [0.5, 0.6) is 0 Å². The van der Waals surface area contributed by atoms with Crippen LogP contribution in [0.1, 0.15) is 39.7 Å². The van der Waals surface area contributed by atoms with Gasteiger partial charge < -0.3 is 14.9 Å². The van der Waals surface area contributed by atoms with Gasteiger partial charge in [-0.25, -0.2) is 0 Å². The van der Waals surface area contributed by atoms with Gasteiger partial charge in [-0.05, 0) is 25.0 Å². The van der Waals surface area contributed by atoms with E-state index in [2.05, 4.69) is 10.2 Å². The minimum absolute atomic E-state index is 0.0385. The number of aromatic nitrogens is 2. The van der Waals surface area contributed by atoms with Gasteiger partial charge in [0.2, 0.25) is 0 Å². The van der Waals surface area contributed by atoms with E-state index in [1.165, 1.54) is 34.4 Å². The van der Waals surface area contributed by atoms with Crippen LogP contribution in [0, 0.1) is 0 Å². The molecule has 1 aliphatic rings. The van der Waals surface area contributed by atoms with Crippen molar-refractivity contribution in [1.29, 1.82) is 0 Å². The minimum Gasteiger partial charge on any atom is -0.369 e. The van der Waals surface area contributed by atoms with Crippen LogP contribution in [0.2, 0.25) is 5.02 Å². The normalized spacial score (nSPS) is 16.4. The second kappa shape index (κ2) is 10.4. The molecule has 0 radical (unpaired) electrons. The molecule has 1 atom stereocenters. The number of amides is 2. The van der Waals surface area contributed by atoms with E-state index in [0.29, 0.717) is 34.0 Å². The van der Waals surface area contributed by atoms with Crippen molar-refractivity contribution in [3.8, 4) is 10.6 Å². The molecular formula is C25H24ClF3N4O3S. The summed E-state index contributed by atoms with van der Waals surface area (Å²) < 4.78 is 41.7. The molecular weight excluding hydrogens is 529 g/mol. The Morgan fingerprint density at radius 2 is 1.73 bits per heavy atom. The Balaban J connectivity index is 1.47. The zero-order chi connectivity index (χ0) is 27.0. The van der Waals surface area contributed by atoms with Gasteiger partial charge in [-0.15, -0.1) is 10.2 Å². The average molecular weight is 553 g/mol. The van der Waals surface area contributed by atoms with Crippen LogP contribution in [0.25, 0.3) is 10.6 Å². The van der Waals surface area contributed by atoms with Crippen LogP contribution in [0.15, 0.2) is 48.5 Å². The van der Waals surface area contributed by atoms with Crippen LogP contribution in [0.3, 0.4) is 0 Å². The number of aliphatic hydroxyl groups is 1. The molecule has 196 valence electrons. The summed E-state index contributed by atoms with van der Waals surface area (Å²) in [5.41, 5.74) is -3.07. The molecule has 4 rings (SSSR count). The maximum atomic E-state index is 13.9. The van der Waals surface area contributed by atoms with Crippen LogP contribution >= 0.6 is 22.9 Å². The van der Waals surface area contributed by atoms with Crippen molar-refractivity contribution >= 4 is 34.8 Å². The molecule has 0 aliphatic carbocycles. The molecule has 0 saturated carbocycles. The Morgan fingerprint density at radius 3 is 2.30 bits per heavy atom. The topological polar surface area (TPSA) is 86.6 Å². The van der Waals surface area contributed by atoms with Crippen molar-refractivity contribution in [2.45, 2.75) is 30.5 Å². The molecule has 0 bridgehead atoms. The van der Waals surface area contributed by atoms with Crippen molar-refractivity contribution in [3.63, 3.8) is 0 Å². The van der Waals surface area contributed by atoms with Gasteiger partial charge in [0.05, 0.1) is 10.6 Å². The van der Waals surface area contributed by atoms with Crippen molar-refractivity contribution < 1.29 is 27.9 Å². The fraction of sp³-hybridized carbons (Fsp3) is 0.360. The summed E-state index contributed by atoms with van der Waals surface area (Å²) in [6.45, 7) is 0.0770. The summed E-state index contributed by atoms with van der Waals surface area (Å²) in [5, 5.41) is 20.6. The molecule has 1 aromatic heterocycles. The number of halogens is 4. The first kappa shape index (κ1) is 27.0. The molecule has 0 unspecified atom stereocenters. The highest BCUT2D eigenvalue weighted by Crippen LogP contribution is 2.42. The summed E-state index contributed by atoms with van der Waals surface area (Å²) >= 11 is 7.63. The number of carbonyl (C=O) groups is 2. The van der Waals surface area contributed by atoms with Crippen LogP contribution in [-0.2, 0) is 10.4 Å². The molecule has 3 aromatic rings. The van der Waals surface area contributed by atoms with E-state index in [9.17, 15) is 27.9 Å². The lowest BCUT2D eigenvalue weighted by atomic mass is 9.89. The number of benzene rings is 2. The lowest BCUT2D eigenvalue weighted by Gasteiger charge is -2.38. The van der Waals surface area contributed by atoms with Gasteiger partial charge >= 0.3 is 6.18 Å². The highest BCUT2D eigenvalue weighted by atomic mass is 35.5. The molecule has 2 amide bonds. The molecule has 37 heavy (non-hydrogen) atoms. The molecule has 2 aromatic carbocycles. The first-order valence-electron chi connectivity index (χ1n) is 11.4. The molecule has 12 heteroatoms. The lowest BCUT2D eigenvalue weighted by Crippen LogP contribution is -2.56. The Labute approximate surface area is 220 Å². The first-order valence-corrected chi connectivity index (χ1v) is 12.6. The van der Waals surface area contributed by atoms with Gasteiger partial charge in [0, 0.05) is 44.2 Å². The van der Waals surface area contributed by atoms with Gasteiger partial charge in [0.1, 0.15) is 10.0 Å². The zero-order valence-corrected chi connectivity index (χ0v) is 21.6. The Hall–Kier alpha value is -3.02. The zero-order valence-electron chi connectivity index (χ0n) is 20.0. The van der Waals surface area contributed by atoms with E-state index in [-0.39, 0.29) is 29.9 Å². The second-order valence-corrected chi connectivity index (χ2v) is 10.4. The number of likely N-dealkylation sites (tertiary alicyclic amines) is 1.